The van der Waals surface area contributed by atoms with E-state index in [2.05, 4.69) is 5.32 Å². The van der Waals surface area contributed by atoms with Gasteiger partial charge in [-0.25, -0.2) is 4.39 Å². The summed E-state index contributed by atoms with van der Waals surface area (Å²) in [5, 5.41) is 12.1. The Kier molecular flexibility index (Phi) is 5.14. The molecule has 0 atom stereocenters. The van der Waals surface area contributed by atoms with Crippen LogP contribution in [0.5, 0.6) is 0 Å². The molecule has 4 nitrogen and oxygen atoms in total. The summed E-state index contributed by atoms with van der Waals surface area (Å²) in [6.45, 7) is 1.75. The summed E-state index contributed by atoms with van der Waals surface area (Å²) < 4.78 is 14.3. The molecule has 2 fully saturated rings. The second-order valence-corrected chi connectivity index (χ2v) is 6.53. The van der Waals surface area contributed by atoms with Crippen molar-refractivity contribution in [2.24, 2.45) is 0 Å². The van der Waals surface area contributed by atoms with Gasteiger partial charge in [0.1, 0.15) is 17.5 Å². The maximum Gasteiger partial charge on any atom is 0.262 e. The highest BCUT2D eigenvalue weighted by molar-refractivity contribution is 6.01. The third-order valence-electron chi connectivity index (χ3n) is 4.78. The van der Waals surface area contributed by atoms with Crippen molar-refractivity contribution >= 4 is 17.7 Å². The number of hydrogen-bond donors (Lipinski definition) is 1. The lowest BCUT2D eigenvalue weighted by Crippen LogP contribution is -2.33. The zero-order valence-corrected chi connectivity index (χ0v) is 13.7. The molecule has 0 unspecified atom stereocenters. The molecule has 1 aromatic rings. The minimum atomic E-state index is -0.367. The fourth-order valence-corrected chi connectivity index (χ4v) is 3.48. The van der Waals surface area contributed by atoms with Gasteiger partial charge in [-0.2, -0.15) is 5.26 Å². The van der Waals surface area contributed by atoms with E-state index >= 15 is 0 Å². The Morgan fingerprint density at radius 2 is 1.96 bits per heavy atom. The molecular weight excluding hydrogens is 305 g/mol. The van der Waals surface area contributed by atoms with Crippen LogP contribution in [0.25, 0.3) is 6.08 Å². The average molecular weight is 327 g/mol. The molecule has 1 aromatic carbocycles. The fraction of sp³-hybridized carbons (Fsp3) is 0.474. The molecule has 0 bridgehead atoms. The highest BCUT2D eigenvalue weighted by Gasteiger charge is 2.20. The Hall–Kier alpha value is -2.35. The number of amides is 1. The van der Waals surface area contributed by atoms with Gasteiger partial charge in [0.05, 0.1) is 5.69 Å². The second-order valence-electron chi connectivity index (χ2n) is 6.53. The Balaban J connectivity index is 1.74. The lowest BCUT2D eigenvalue weighted by atomic mass is 10.1. The van der Waals surface area contributed by atoms with Crippen molar-refractivity contribution in [2.75, 3.05) is 18.0 Å². The van der Waals surface area contributed by atoms with Gasteiger partial charge in [-0.15, -0.1) is 0 Å². The summed E-state index contributed by atoms with van der Waals surface area (Å²) in [6, 6.07) is 6.98. The van der Waals surface area contributed by atoms with Crippen LogP contribution < -0.4 is 10.2 Å². The van der Waals surface area contributed by atoms with Crippen LogP contribution in [0.3, 0.4) is 0 Å². The van der Waals surface area contributed by atoms with Crippen molar-refractivity contribution in [1.82, 2.24) is 5.32 Å². The molecule has 1 aliphatic heterocycles. The standard InChI is InChI=1S/C19H22FN3O/c20-17-12-14(7-8-18(17)23-9-3-4-10-23)11-15(13-21)19(24)22-16-5-1-2-6-16/h7-8,11-12,16H,1-6,9-10H2,(H,22,24)/b15-11-. The van der Waals surface area contributed by atoms with Crippen LogP contribution in [0.2, 0.25) is 0 Å². The summed E-state index contributed by atoms with van der Waals surface area (Å²) in [6.07, 6.45) is 7.77. The number of carbonyl (C=O) groups is 1. The molecule has 3 rings (SSSR count). The maximum absolute atomic E-state index is 14.3. The molecule has 1 saturated heterocycles. The number of nitrogens with one attached hydrogen (secondary N) is 1. The van der Waals surface area contributed by atoms with Crippen molar-refractivity contribution in [3.63, 3.8) is 0 Å². The molecule has 1 amide bonds. The highest BCUT2D eigenvalue weighted by atomic mass is 19.1. The van der Waals surface area contributed by atoms with E-state index in [0.717, 1.165) is 51.6 Å². The molecule has 1 aliphatic carbocycles. The largest absolute Gasteiger partial charge is 0.369 e. The molecular formula is C19H22FN3O. The number of rotatable bonds is 4. The van der Waals surface area contributed by atoms with Gasteiger partial charge < -0.3 is 10.2 Å². The van der Waals surface area contributed by atoms with Gasteiger partial charge in [-0.05, 0) is 49.5 Å². The summed E-state index contributed by atoms with van der Waals surface area (Å²) in [4.78, 5) is 14.2. The van der Waals surface area contributed by atoms with Crippen LogP contribution in [0, 0.1) is 17.1 Å². The minimum Gasteiger partial charge on any atom is -0.369 e. The molecule has 1 heterocycles. The van der Waals surface area contributed by atoms with Gasteiger partial charge >= 0.3 is 0 Å². The Bertz CT molecular complexity index is 680. The molecule has 5 heteroatoms. The number of benzene rings is 1. The number of carbonyl (C=O) groups excluding carboxylic acids is 1. The fourth-order valence-electron chi connectivity index (χ4n) is 3.48. The predicted molar refractivity (Wildman–Crippen MR) is 91.8 cm³/mol. The first-order valence-electron chi connectivity index (χ1n) is 8.64. The zero-order chi connectivity index (χ0) is 16.9. The summed E-state index contributed by atoms with van der Waals surface area (Å²) in [5.41, 5.74) is 1.15. The van der Waals surface area contributed by atoms with Crippen molar-refractivity contribution in [2.45, 2.75) is 44.6 Å². The van der Waals surface area contributed by atoms with Crippen LogP contribution in [0.15, 0.2) is 23.8 Å². The first-order chi connectivity index (χ1) is 11.7. The third kappa shape index (κ3) is 3.76. The van der Waals surface area contributed by atoms with Crippen LogP contribution >= 0.6 is 0 Å². The van der Waals surface area contributed by atoms with Gasteiger partial charge in [0.25, 0.3) is 5.91 Å². The smallest absolute Gasteiger partial charge is 0.262 e. The van der Waals surface area contributed by atoms with Crippen molar-refractivity contribution < 1.29 is 9.18 Å². The quantitative estimate of drug-likeness (QED) is 0.681. The van der Waals surface area contributed by atoms with Crippen LogP contribution in [0.1, 0.15) is 44.1 Å². The predicted octanol–water partition coefficient (Wildman–Crippen LogP) is 3.39. The first-order valence-corrected chi connectivity index (χ1v) is 8.64. The van der Waals surface area contributed by atoms with Crippen molar-refractivity contribution in [3.05, 3.63) is 35.2 Å². The maximum atomic E-state index is 14.3. The zero-order valence-electron chi connectivity index (χ0n) is 13.7. The molecule has 126 valence electrons. The van der Waals surface area contributed by atoms with E-state index in [9.17, 15) is 14.4 Å². The van der Waals surface area contributed by atoms with E-state index in [1.54, 1.807) is 12.1 Å². The van der Waals surface area contributed by atoms with Gasteiger partial charge in [0.15, 0.2) is 0 Å². The lowest BCUT2D eigenvalue weighted by molar-refractivity contribution is -0.117. The van der Waals surface area contributed by atoms with Crippen molar-refractivity contribution in [3.8, 4) is 6.07 Å². The molecule has 1 N–H and O–H groups in total. The molecule has 0 aromatic heterocycles. The summed E-state index contributed by atoms with van der Waals surface area (Å²) in [7, 11) is 0. The third-order valence-corrected chi connectivity index (χ3v) is 4.78. The van der Waals surface area contributed by atoms with E-state index in [1.165, 1.54) is 12.1 Å². The van der Waals surface area contributed by atoms with Gasteiger partial charge in [0, 0.05) is 19.1 Å². The van der Waals surface area contributed by atoms with Crippen LogP contribution in [0.4, 0.5) is 10.1 Å². The number of anilines is 1. The number of nitrogens with zero attached hydrogens (tertiary/aromatic N) is 2. The van der Waals surface area contributed by atoms with Crippen molar-refractivity contribution in [1.29, 1.82) is 5.26 Å². The van der Waals surface area contributed by atoms with E-state index in [4.69, 9.17) is 0 Å². The SMILES string of the molecule is N#C/C(=C/c1ccc(N2CCCC2)c(F)c1)C(=O)NC1CCCC1. The molecule has 2 aliphatic rings. The molecule has 24 heavy (non-hydrogen) atoms. The number of nitriles is 1. The van der Waals surface area contributed by atoms with E-state index in [1.807, 2.05) is 11.0 Å². The second kappa shape index (κ2) is 7.48. The summed E-state index contributed by atoms with van der Waals surface area (Å²) >= 11 is 0. The number of hydrogen-bond acceptors (Lipinski definition) is 3. The highest BCUT2D eigenvalue weighted by Crippen LogP contribution is 2.25. The topological polar surface area (TPSA) is 56.1 Å². The number of halogens is 1. The van der Waals surface area contributed by atoms with E-state index in [0.29, 0.717) is 11.3 Å². The minimum absolute atomic E-state index is 0.0234. The molecule has 1 saturated carbocycles. The Morgan fingerprint density at radius 1 is 1.25 bits per heavy atom. The van der Waals surface area contributed by atoms with E-state index in [-0.39, 0.29) is 23.3 Å². The Morgan fingerprint density at radius 3 is 2.58 bits per heavy atom. The normalized spacial score (nSPS) is 18.7. The summed E-state index contributed by atoms with van der Waals surface area (Å²) in [5.74, 6) is -0.674. The Labute approximate surface area is 142 Å². The lowest BCUT2D eigenvalue weighted by Gasteiger charge is -2.18. The van der Waals surface area contributed by atoms with Crippen LogP contribution in [-0.4, -0.2) is 25.0 Å². The van der Waals surface area contributed by atoms with Gasteiger partial charge in [-0.3, -0.25) is 4.79 Å². The first kappa shape index (κ1) is 16.5. The van der Waals surface area contributed by atoms with E-state index < -0.39 is 0 Å². The van der Waals surface area contributed by atoms with Gasteiger partial charge in [0.2, 0.25) is 0 Å². The molecule has 0 radical (unpaired) electrons. The average Bonchev–Trinajstić information content (AvgIpc) is 3.26. The monoisotopic (exact) mass is 327 g/mol. The molecule has 0 spiro atoms. The van der Waals surface area contributed by atoms with Gasteiger partial charge in [-0.1, -0.05) is 18.9 Å². The van der Waals surface area contributed by atoms with Crippen LogP contribution in [-0.2, 0) is 4.79 Å².